The van der Waals surface area contributed by atoms with E-state index in [0.717, 1.165) is 55.0 Å². The fourth-order valence-electron chi connectivity index (χ4n) is 8.50. The molecule has 0 radical (unpaired) electrons. The van der Waals surface area contributed by atoms with Crippen molar-refractivity contribution >= 4 is 0 Å². The van der Waals surface area contributed by atoms with Gasteiger partial charge in [0.25, 0.3) is 0 Å². The molecule has 3 fully saturated rings. The number of aromatic nitrogens is 1. The Morgan fingerprint density at radius 3 is 2.77 bits per heavy atom. The van der Waals surface area contributed by atoms with Crippen LogP contribution in [-0.2, 0) is 0 Å². The van der Waals surface area contributed by atoms with E-state index in [2.05, 4.69) is 24.9 Å². The first kappa shape index (κ1) is 21.6. The Labute approximate surface area is 188 Å². The van der Waals surface area contributed by atoms with E-state index >= 15 is 0 Å². The van der Waals surface area contributed by atoms with Crippen molar-refractivity contribution in [3.05, 3.63) is 41.7 Å². The molecule has 0 aromatic carbocycles. The van der Waals surface area contributed by atoms with Crippen molar-refractivity contribution in [2.24, 2.45) is 34.5 Å². The molecule has 4 aliphatic rings. The number of aliphatic hydroxyl groups excluding tert-OH is 2. The minimum atomic E-state index is -0.426. The highest BCUT2D eigenvalue weighted by Crippen LogP contribution is 2.66. The lowest BCUT2D eigenvalue weighted by Crippen LogP contribution is -2.50. The molecule has 1 aromatic rings. The third-order valence-corrected chi connectivity index (χ3v) is 10.3. The highest BCUT2D eigenvalue weighted by Gasteiger charge is 2.58. The van der Waals surface area contributed by atoms with Gasteiger partial charge < -0.3 is 10.2 Å². The summed E-state index contributed by atoms with van der Waals surface area (Å²) in [4.78, 5) is 4.33. The van der Waals surface area contributed by atoms with Crippen molar-refractivity contribution in [2.45, 2.75) is 96.7 Å². The summed E-state index contributed by atoms with van der Waals surface area (Å²) < 4.78 is 0. The van der Waals surface area contributed by atoms with Crippen LogP contribution in [0.15, 0.2) is 36.0 Å². The Hall–Kier alpha value is -1.19. The second-order valence-corrected chi connectivity index (χ2v) is 11.7. The number of aliphatic hydroxyl groups is 2. The third-order valence-electron chi connectivity index (χ3n) is 10.3. The van der Waals surface area contributed by atoms with Crippen molar-refractivity contribution in [1.82, 2.24) is 4.98 Å². The molecule has 170 valence electrons. The molecule has 3 nitrogen and oxygen atoms in total. The summed E-state index contributed by atoms with van der Waals surface area (Å²) in [5.41, 5.74) is 3.21. The zero-order chi connectivity index (χ0) is 21.6. The molecule has 3 heteroatoms. The van der Waals surface area contributed by atoms with Gasteiger partial charge in [0.05, 0.1) is 17.9 Å². The Morgan fingerprint density at radius 1 is 1.10 bits per heavy atom. The maximum Gasteiger partial charge on any atom is 0.0959 e. The minimum Gasteiger partial charge on any atom is -0.393 e. The van der Waals surface area contributed by atoms with Gasteiger partial charge in [0.2, 0.25) is 0 Å². The maximum atomic E-state index is 10.5. The number of hydrogen-bond acceptors (Lipinski definition) is 3. The fraction of sp³-hybridized carbons (Fsp3) is 0.750. The standard InChI is InChI=1S/C28H41NO2/c1-27-16-14-24-22(11-9-20-18-21(30)13-15-28(20,24)2)23(27)12-10-19(27)6-5-8-26(31)25-7-3-4-17-29-25/h3-4,7,9,17,19,21-24,26,30-31H,5-6,8,10-16,18H2,1-2H3/t19?,21-,22?,23?,24?,26?,27?,28?/m0/s1. The van der Waals surface area contributed by atoms with Crippen molar-refractivity contribution in [3.8, 4) is 0 Å². The summed E-state index contributed by atoms with van der Waals surface area (Å²) >= 11 is 0. The highest BCUT2D eigenvalue weighted by molar-refractivity contribution is 5.25. The second-order valence-electron chi connectivity index (χ2n) is 11.7. The van der Waals surface area contributed by atoms with Crippen LogP contribution in [0.1, 0.15) is 96.3 Å². The topological polar surface area (TPSA) is 53.4 Å². The molecule has 1 aromatic heterocycles. The van der Waals surface area contributed by atoms with Gasteiger partial charge in [0.1, 0.15) is 0 Å². The Balaban J connectivity index is 1.24. The van der Waals surface area contributed by atoms with Gasteiger partial charge in [0.15, 0.2) is 0 Å². The van der Waals surface area contributed by atoms with Crippen molar-refractivity contribution in [1.29, 1.82) is 0 Å². The zero-order valence-electron chi connectivity index (χ0n) is 19.5. The number of nitrogens with zero attached hydrogens (tertiary/aromatic N) is 1. The van der Waals surface area contributed by atoms with E-state index in [1.54, 1.807) is 11.8 Å². The number of pyridine rings is 1. The van der Waals surface area contributed by atoms with E-state index < -0.39 is 6.10 Å². The van der Waals surface area contributed by atoms with Gasteiger partial charge in [0, 0.05) is 6.20 Å². The van der Waals surface area contributed by atoms with Gasteiger partial charge in [-0.1, -0.05) is 38.0 Å². The summed E-state index contributed by atoms with van der Waals surface area (Å²) in [6.45, 7) is 5.13. The first-order valence-corrected chi connectivity index (χ1v) is 12.9. The van der Waals surface area contributed by atoms with Crippen molar-refractivity contribution in [3.63, 3.8) is 0 Å². The number of fused-ring (bicyclic) bond motifs is 5. The molecule has 7 unspecified atom stereocenters. The average Bonchev–Trinajstić information content (AvgIpc) is 3.11. The first-order chi connectivity index (χ1) is 14.9. The third kappa shape index (κ3) is 3.70. The molecule has 3 saturated carbocycles. The largest absolute Gasteiger partial charge is 0.393 e. The number of rotatable bonds is 5. The molecule has 5 rings (SSSR count). The van der Waals surface area contributed by atoms with Crippen molar-refractivity contribution < 1.29 is 10.2 Å². The average molecular weight is 424 g/mol. The lowest BCUT2D eigenvalue weighted by Gasteiger charge is -2.58. The Morgan fingerprint density at radius 2 is 1.97 bits per heavy atom. The molecule has 0 aliphatic heterocycles. The van der Waals surface area contributed by atoms with E-state index in [1.165, 1.54) is 44.9 Å². The van der Waals surface area contributed by atoms with Crippen LogP contribution in [0.25, 0.3) is 0 Å². The first-order valence-electron chi connectivity index (χ1n) is 12.9. The van der Waals surface area contributed by atoms with Crippen LogP contribution in [-0.4, -0.2) is 21.3 Å². The molecule has 0 saturated heterocycles. The second kappa shape index (κ2) is 8.30. The summed E-state index contributed by atoms with van der Waals surface area (Å²) in [5, 5.41) is 20.7. The predicted octanol–water partition coefficient (Wildman–Crippen LogP) is 6.23. The van der Waals surface area contributed by atoms with Gasteiger partial charge in [-0.15, -0.1) is 0 Å². The number of allylic oxidation sites excluding steroid dienone is 1. The van der Waals surface area contributed by atoms with Crippen LogP contribution in [0.2, 0.25) is 0 Å². The zero-order valence-corrected chi connectivity index (χ0v) is 19.5. The molecule has 1 heterocycles. The Kier molecular flexibility index (Phi) is 5.80. The molecule has 4 aliphatic carbocycles. The van der Waals surface area contributed by atoms with Crippen molar-refractivity contribution in [2.75, 3.05) is 0 Å². The molecule has 8 atom stereocenters. The molecule has 2 N–H and O–H groups in total. The molecular weight excluding hydrogens is 382 g/mol. The summed E-state index contributed by atoms with van der Waals surface area (Å²) in [6, 6.07) is 5.81. The van der Waals surface area contributed by atoms with Crippen LogP contribution in [0.4, 0.5) is 0 Å². The van der Waals surface area contributed by atoms with E-state index in [0.29, 0.717) is 10.8 Å². The number of hydrogen-bond donors (Lipinski definition) is 2. The van der Waals surface area contributed by atoms with Gasteiger partial charge in [-0.3, -0.25) is 4.98 Å². The minimum absolute atomic E-state index is 0.109. The van der Waals surface area contributed by atoms with Crippen LogP contribution in [0.3, 0.4) is 0 Å². The lowest BCUT2D eigenvalue weighted by atomic mass is 9.47. The van der Waals surface area contributed by atoms with Gasteiger partial charge >= 0.3 is 0 Å². The molecule has 0 amide bonds. The molecule has 31 heavy (non-hydrogen) atoms. The van der Waals surface area contributed by atoms with Crippen LogP contribution < -0.4 is 0 Å². The predicted molar refractivity (Wildman–Crippen MR) is 124 cm³/mol. The van der Waals surface area contributed by atoms with E-state index in [4.69, 9.17) is 0 Å². The quantitative estimate of drug-likeness (QED) is 0.552. The van der Waals surface area contributed by atoms with Gasteiger partial charge in [-0.05, 0) is 111 Å². The Bertz CT molecular complexity index is 806. The molecule has 0 spiro atoms. The van der Waals surface area contributed by atoms with E-state index in [1.807, 2.05) is 18.2 Å². The van der Waals surface area contributed by atoms with Gasteiger partial charge in [-0.25, -0.2) is 0 Å². The molecule has 0 bridgehead atoms. The fourth-order valence-corrected chi connectivity index (χ4v) is 8.50. The van der Waals surface area contributed by atoms with Gasteiger partial charge in [-0.2, -0.15) is 0 Å². The van der Waals surface area contributed by atoms with E-state index in [9.17, 15) is 10.2 Å². The van der Waals surface area contributed by atoms with Crippen LogP contribution >= 0.6 is 0 Å². The highest BCUT2D eigenvalue weighted by atomic mass is 16.3. The molecular formula is C28H41NO2. The maximum absolute atomic E-state index is 10.5. The van der Waals surface area contributed by atoms with Crippen LogP contribution in [0, 0.1) is 34.5 Å². The van der Waals surface area contributed by atoms with Crippen LogP contribution in [0.5, 0.6) is 0 Å². The van der Waals surface area contributed by atoms with E-state index in [-0.39, 0.29) is 6.10 Å². The summed E-state index contributed by atoms with van der Waals surface area (Å²) in [7, 11) is 0. The SMILES string of the molecule is CC12CC[C@H](O)CC1=CCC1C2CCC2(C)C(CCCC(O)c3ccccn3)CCC12. The summed E-state index contributed by atoms with van der Waals surface area (Å²) in [6.07, 6.45) is 16.8. The normalized spacial score (nSPS) is 42.8. The summed E-state index contributed by atoms with van der Waals surface area (Å²) in [5.74, 6) is 3.33. The monoisotopic (exact) mass is 423 g/mol. The smallest absolute Gasteiger partial charge is 0.0959 e. The lowest BCUT2D eigenvalue weighted by molar-refractivity contribution is -0.0511.